The molecule has 1 amide bonds. The molecule has 1 aromatic rings. The van der Waals surface area contributed by atoms with Crippen LogP contribution in [0.1, 0.15) is 78.2 Å². The van der Waals surface area contributed by atoms with Crippen molar-refractivity contribution < 1.29 is 9.59 Å². The molecule has 0 fully saturated rings. The van der Waals surface area contributed by atoms with Gasteiger partial charge in [-0.2, -0.15) is 0 Å². The van der Waals surface area contributed by atoms with Crippen LogP contribution in [0, 0.1) is 0 Å². The molecule has 0 unspecified atom stereocenters. The second kappa shape index (κ2) is 14.0. The average molecular weight is 354 g/mol. The molecule has 0 spiro atoms. The van der Waals surface area contributed by atoms with Crippen LogP contribution in [0.15, 0.2) is 18.2 Å². The molecule has 24 heavy (non-hydrogen) atoms. The van der Waals surface area contributed by atoms with E-state index in [4.69, 9.17) is 11.6 Å². The molecule has 0 saturated carbocycles. The van der Waals surface area contributed by atoms with E-state index >= 15 is 0 Å². The lowest BCUT2D eigenvalue weighted by Crippen LogP contribution is -2.10. The summed E-state index contributed by atoms with van der Waals surface area (Å²) in [6.07, 6.45) is 6.60. The van der Waals surface area contributed by atoms with E-state index in [-0.39, 0.29) is 5.91 Å². The molecule has 3 nitrogen and oxygen atoms in total. The molecule has 1 aromatic carbocycles. The maximum absolute atomic E-state index is 11.6. The Bertz CT molecular complexity index is 500. The minimum absolute atomic E-state index is 0.0220. The number of hydrogen-bond donors (Lipinski definition) is 1. The predicted molar refractivity (Wildman–Crippen MR) is 104 cm³/mol. The lowest BCUT2D eigenvalue weighted by Gasteiger charge is -2.08. The summed E-state index contributed by atoms with van der Waals surface area (Å²) < 4.78 is 0. The number of benzene rings is 1. The van der Waals surface area contributed by atoms with Gasteiger partial charge < -0.3 is 5.32 Å². The number of anilines is 1. The van der Waals surface area contributed by atoms with Gasteiger partial charge in [0.25, 0.3) is 0 Å². The van der Waals surface area contributed by atoms with Gasteiger partial charge in [0.2, 0.25) is 5.91 Å². The van der Waals surface area contributed by atoms with Crippen molar-refractivity contribution in [3.8, 4) is 0 Å². The summed E-state index contributed by atoms with van der Waals surface area (Å²) in [6, 6.07) is 5.70. The minimum atomic E-state index is 0.0220. The monoisotopic (exact) mass is 353 g/mol. The van der Waals surface area contributed by atoms with Crippen LogP contribution in [0.5, 0.6) is 0 Å². The van der Waals surface area contributed by atoms with Crippen LogP contribution in [0.3, 0.4) is 0 Å². The number of carbonyl (C=O) groups excluding carboxylic acids is 2. The fourth-order valence-corrected chi connectivity index (χ4v) is 2.58. The number of ketones is 1. The van der Waals surface area contributed by atoms with Crippen LogP contribution < -0.4 is 5.32 Å². The molecule has 0 aliphatic carbocycles. The first kappa shape index (κ1) is 22.6. The molecule has 0 aliphatic rings. The molecular formula is C20H32ClNO2. The largest absolute Gasteiger partial charge is 0.326 e. The molecule has 0 heterocycles. The van der Waals surface area contributed by atoms with Gasteiger partial charge in [-0.1, -0.05) is 45.7 Å². The molecule has 4 heteroatoms. The SMILES string of the molecule is CC.CCCC(=O)Nc1cc(Cl)cc(CCCCCC(=O)CC)c1. The topological polar surface area (TPSA) is 46.2 Å². The van der Waals surface area contributed by atoms with E-state index in [1.807, 2.05) is 39.8 Å². The van der Waals surface area contributed by atoms with Gasteiger partial charge in [0.1, 0.15) is 5.78 Å². The molecule has 1 rings (SSSR count). The Morgan fingerprint density at radius 3 is 2.33 bits per heavy atom. The summed E-state index contributed by atoms with van der Waals surface area (Å²) >= 11 is 6.12. The number of unbranched alkanes of at least 4 members (excludes halogenated alkanes) is 2. The Kier molecular flexibility index (Phi) is 13.2. The van der Waals surface area contributed by atoms with E-state index in [0.717, 1.165) is 43.4 Å². The predicted octanol–water partition coefficient (Wildman–Crippen LogP) is 6.19. The Balaban J connectivity index is 0.00000254. The molecule has 0 bridgehead atoms. The van der Waals surface area contributed by atoms with Crippen molar-refractivity contribution in [1.29, 1.82) is 0 Å². The summed E-state index contributed by atoms with van der Waals surface area (Å²) in [4.78, 5) is 22.9. The second-order valence-electron chi connectivity index (χ2n) is 5.60. The van der Waals surface area contributed by atoms with Gasteiger partial charge in [-0.15, -0.1) is 0 Å². The van der Waals surface area contributed by atoms with Crippen molar-refractivity contribution in [2.45, 2.75) is 79.1 Å². The molecule has 136 valence electrons. The van der Waals surface area contributed by atoms with Gasteiger partial charge in [0.15, 0.2) is 0 Å². The third kappa shape index (κ3) is 10.4. The van der Waals surface area contributed by atoms with Gasteiger partial charge in [0.05, 0.1) is 0 Å². The Morgan fingerprint density at radius 1 is 1.00 bits per heavy atom. The number of rotatable bonds is 10. The zero-order chi connectivity index (χ0) is 18.4. The highest BCUT2D eigenvalue weighted by Gasteiger charge is 2.04. The third-order valence-corrected chi connectivity index (χ3v) is 3.75. The summed E-state index contributed by atoms with van der Waals surface area (Å²) in [6.45, 7) is 7.88. The van der Waals surface area contributed by atoms with E-state index in [9.17, 15) is 9.59 Å². The third-order valence-electron chi connectivity index (χ3n) is 3.53. The van der Waals surface area contributed by atoms with Crippen molar-refractivity contribution in [2.24, 2.45) is 0 Å². The summed E-state index contributed by atoms with van der Waals surface area (Å²) in [5.74, 6) is 0.359. The van der Waals surface area contributed by atoms with E-state index in [0.29, 0.717) is 30.1 Å². The summed E-state index contributed by atoms with van der Waals surface area (Å²) in [5.41, 5.74) is 1.89. The lowest BCUT2D eigenvalue weighted by molar-refractivity contribution is -0.119. The quantitative estimate of drug-likeness (QED) is 0.510. The van der Waals surface area contributed by atoms with E-state index < -0.39 is 0 Å². The van der Waals surface area contributed by atoms with Gasteiger partial charge in [-0.25, -0.2) is 0 Å². The van der Waals surface area contributed by atoms with Crippen molar-refractivity contribution in [2.75, 3.05) is 5.32 Å². The molecular weight excluding hydrogens is 322 g/mol. The van der Waals surface area contributed by atoms with Crippen LogP contribution in [0.2, 0.25) is 5.02 Å². The van der Waals surface area contributed by atoms with Crippen molar-refractivity contribution in [1.82, 2.24) is 0 Å². The first-order valence-corrected chi connectivity index (χ1v) is 9.54. The van der Waals surface area contributed by atoms with E-state index in [1.165, 1.54) is 0 Å². The Morgan fingerprint density at radius 2 is 1.71 bits per heavy atom. The normalized spacial score (nSPS) is 9.88. The van der Waals surface area contributed by atoms with Gasteiger partial charge in [0, 0.05) is 30.0 Å². The smallest absolute Gasteiger partial charge is 0.224 e. The number of nitrogens with one attached hydrogen (secondary N) is 1. The molecule has 0 atom stereocenters. The number of aryl methyl sites for hydroxylation is 1. The van der Waals surface area contributed by atoms with Crippen LogP contribution in [0.25, 0.3) is 0 Å². The fraction of sp³-hybridized carbons (Fsp3) is 0.600. The van der Waals surface area contributed by atoms with Gasteiger partial charge in [-0.05, 0) is 49.4 Å². The highest BCUT2D eigenvalue weighted by atomic mass is 35.5. The van der Waals surface area contributed by atoms with Crippen molar-refractivity contribution in [3.05, 3.63) is 28.8 Å². The summed E-state index contributed by atoms with van der Waals surface area (Å²) in [5, 5.41) is 3.52. The fourth-order valence-electron chi connectivity index (χ4n) is 2.32. The van der Waals surface area contributed by atoms with Crippen molar-refractivity contribution in [3.63, 3.8) is 0 Å². The molecule has 1 N–H and O–H groups in total. The standard InChI is InChI=1S/C18H26ClNO2.C2H6/c1-3-8-18(22)20-16-12-14(11-15(19)13-16)9-6-5-7-10-17(21)4-2;1-2/h11-13H,3-10H2,1-2H3,(H,20,22);1-2H3. The molecule has 0 saturated heterocycles. The van der Waals surface area contributed by atoms with Crippen molar-refractivity contribution >= 4 is 29.0 Å². The Labute approximate surface area is 152 Å². The van der Waals surface area contributed by atoms with E-state index in [2.05, 4.69) is 5.32 Å². The average Bonchev–Trinajstić information content (AvgIpc) is 2.55. The first-order chi connectivity index (χ1) is 11.5. The minimum Gasteiger partial charge on any atom is -0.326 e. The Hall–Kier alpha value is -1.35. The number of halogens is 1. The van der Waals surface area contributed by atoms with Crippen LogP contribution in [-0.4, -0.2) is 11.7 Å². The van der Waals surface area contributed by atoms with E-state index in [1.54, 1.807) is 6.07 Å². The van der Waals surface area contributed by atoms with Crippen LogP contribution in [-0.2, 0) is 16.0 Å². The maximum Gasteiger partial charge on any atom is 0.224 e. The number of Topliss-reactive ketones (excluding diaryl/α,β-unsaturated/α-hetero) is 1. The molecule has 0 aromatic heterocycles. The number of carbonyl (C=O) groups is 2. The summed E-state index contributed by atoms with van der Waals surface area (Å²) in [7, 11) is 0. The van der Waals surface area contributed by atoms with Crippen LogP contribution >= 0.6 is 11.6 Å². The molecule has 0 aliphatic heterocycles. The number of amides is 1. The highest BCUT2D eigenvalue weighted by Crippen LogP contribution is 2.21. The van der Waals surface area contributed by atoms with Gasteiger partial charge >= 0.3 is 0 Å². The second-order valence-corrected chi connectivity index (χ2v) is 6.04. The maximum atomic E-state index is 11.6. The highest BCUT2D eigenvalue weighted by molar-refractivity contribution is 6.31. The zero-order valence-electron chi connectivity index (χ0n) is 15.6. The van der Waals surface area contributed by atoms with Gasteiger partial charge in [-0.3, -0.25) is 9.59 Å². The lowest BCUT2D eigenvalue weighted by atomic mass is 10.0. The first-order valence-electron chi connectivity index (χ1n) is 9.16. The zero-order valence-corrected chi connectivity index (χ0v) is 16.3. The molecule has 0 radical (unpaired) electrons. The van der Waals surface area contributed by atoms with Crippen LogP contribution in [0.4, 0.5) is 5.69 Å². The number of hydrogen-bond acceptors (Lipinski definition) is 2.